The predicted octanol–water partition coefficient (Wildman–Crippen LogP) is 6.22. The molecule has 0 unspecified atom stereocenters. The van der Waals surface area contributed by atoms with Gasteiger partial charge in [0.2, 0.25) is 0 Å². The maximum absolute atomic E-state index is 14.4. The van der Waals surface area contributed by atoms with Crippen molar-refractivity contribution in [2.45, 2.75) is 64.3 Å². The number of halogens is 3. The number of hydrogen-bond acceptors (Lipinski definition) is 9. The SMILES string of the molecule is CCC.Cn1cnnc1-c1ccncc1-c1cc(NC2(CC#N)CC2)nc(N2Cc3c(cc(CN4CCOCC4)cc3C(F)(F)F)C2=O)c1. The zero-order valence-corrected chi connectivity index (χ0v) is 27.7. The molecular weight excluding hydrogens is 635 g/mol. The maximum Gasteiger partial charge on any atom is 0.416 e. The van der Waals surface area contributed by atoms with Crippen molar-refractivity contribution in [3.05, 3.63) is 71.3 Å². The van der Waals surface area contributed by atoms with Gasteiger partial charge in [0.25, 0.3) is 5.91 Å². The second kappa shape index (κ2) is 13.9. The number of aryl methyl sites for hydroxylation is 1. The Labute approximate surface area is 282 Å². The number of aromatic nitrogens is 5. The molecule has 4 aromatic rings. The second-order valence-corrected chi connectivity index (χ2v) is 12.7. The largest absolute Gasteiger partial charge is 0.416 e. The van der Waals surface area contributed by atoms with Gasteiger partial charge in [0.15, 0.2) is 5.82 Å². The molecule has 1 aliphatic carbocycles. The van der Waals surface area contributed by atoms with Gasteiger partial charge < -0.3 is 14.6 Å². The number of anilines is 2. The first-order valence-electron chi connectivity index (χ1n) is 16.4. The van der Waals surface area contributed by atoms with Crippen LogP contribution in [0.3, 0.4) is 0 Å². The maximum atomic E-state index is 14.4. The van der Waals surface area contributed by atoms with Crippen LogP contribution in [0.25, 0.3) is 22.5 Å². The fraction of sp³-hybridized carbons (Fsp3) is 0.429. The summed E-state index contributed by atoms with van der Waals surface area (Å²) in [4.78, 5) is 26.3. The van der Waals surface area contributed by atoms with Gasteiger partial charge in [-0.15, -0.1) is 10.2 Å². The average Bonchev–Trinajstić information content (AvgIpc) is 3.55. The number of nitrogens with one attached hydrogen (secondary N) is 1. The Morgan fingerprint density at radius 3 is 2.49 bits per heavy atom. The molecular formula is C35H38F3N9O2. The van der Waals surface area contributed by atoms with Gasteiger partial charge in [-0.25, -0.2) is 4.98 Å². The third kappa shape index (κ3) is 7.28. The van der Waals surface area contributed by atoms with E-state index in [1.807, 2.05) is 11.9 Å². The van der Waals surface area contributed by atoms with Crippen molar-refractivity contribution >= 4 is 17.5 Å². The standard InChI is InChI=1S/C32H30F3N9O2.C3H8/c1-42-19-38-41-29(42)22-2-7-37-16-24(22)21-14-27(40-31(3-4-31)5-6-36)39-28(15-21)44-18-25-23(30(44)45)12-20(13-26(25)32(33,34)35)17-43-8-10-46-11-9-43;1-3-2/h2,7,12-16,19H,3-5,8-11,17-18H2,1H3,(H,39,40);3H2,1-2H3. The van der Waals surface area contributed by atoms with E-state index in [1.54, 1.807) is 47.6 Å². The van der Waals surface area contributed by atoms with E-state index in [9.17, 15) is 23.2 Å². The minimum atomic E-state index is -4.65. The molecule has 0 atom stereocenters. The molecule has 5 heterocycles. The number of morpholine rings is 1. The minimum absolute atomic E-state index is 0.0177. The lowest BCUT2D eigenvalue weighted by Gasteiger charge is -2.27. The highest BCUT2D eigenvalue weighted by atomic mass is 19.4. The summed E-state index contributed by atoms with van der Waals surface area (Å²) in [6.45, 7) is 6.46. The molecule has 0 bridgehead atoms. The number of ether oxygens (including phenoxy) is 1. The number of nitrogens with zero attached hydrogens (tertiary/aromatic N) is 8. The van der Waals surface area contributed by atoms with Crippen molar-refractivity contribution in [3.8, 4) is 28.6 Å². The molecule has 256 valence electrons. The van der Waals surface area contributed by atoms with Gasteiger partial charge in [-0.05, 0) is 59.9 Å². The summed E-state index contributed by atoms with van der Waals surface area (Å²) in [5.41, 5.74) is 1.11. The van der Waals surface area contributed by atoms with Crippen molar-refractivity contribution < 1.29 is 22.7 Å². The van der Waals surface area contributed by atoms with Crippen LogP contribution in [-0.4, -0.2) is 67.4 Å². The molecule has 1 saturated carbocycles. The molecule has 0 spiro atoms. The molecule has 11 nitrogen and oxygen atoms in total. The van der Waals surface area contributed by atoms with Gasteiger partial charge in [0.05, 0.1) is 43.4 Å². The minimum Gasteiger partial charge on any atom is -0.379 e. The zero-order valence-electron chi connectivity index (χ0n) is 27.7. The quantitative estimate of drug-likeness (QED) is 0.232. The monoisotopic (exact) mass is 673 g/mol. The summed E-state index contributed by atoms with van der Waals surface area (Å²) in [6.07, 6.45) is 3.28. The number of fused-ring (bicyclic) bond motifs is 1. The first kappa shape index (κ1) is 34.0. The van der Waals surface area contributed by atoms with Crippen molar-refractivity contribution in [2.24, 2.45) is 7.05 Å². The molecule has 2 aliphatic heterocycles. The number of amides is 1. The molecule has 1 saturated heterocycles. The lowest BCUT2D eigenvalue weighted by molar-refractivity contribution is -0.138. The molecule has 14 heteroatoms. The fourth-order valence-corrected chi connectivity index (χ4v) is 6.16. The Morgan fingerprint density at radius 2 is 1.84 bits per heavy atom. The summed E-state index contributed by atoms with van der Waals surface area (Å²) >= 11 is 0. The van der Waals surface area contributed by atoms with Crippen molar-refractivity contribution in [3.63, 3.8) is 0 Å². The number of nitriles is 1. The van der Waals surface area contributed by atoms with Gasteiger partial charge in [-0.2, -0.15) is 18.4 Å². The van der Waals surface area contributed by atoms with Crippen LogP contribution in [0.15, 0.2) is 49.1 Å². The molecule has 1 aromatic carbocycles. The summed E-state index contributed by atoms with van der Waals surface area (Å²) < 4.78 is 50.5. The van der Waals surface area contributed by atoms with Crippen LogP contribution < -0.4 is 10.2 Å². The molecule has 1 N–H and O–H groups in total. The number of hydrogen-bond donors (Lipinski definition) is 1. The Hall–Kier alpha value is -4.87. The molecule has 3 aromatic heterocycles. The van der Waals surface area contributed by atoms with E-state index in [4.69, 9.17) is 9.72 Å². The third-order valence-corrected chi connectivity index (χ3v) is 8.75. The van der Waals surface area contributed by atoms with Crippen molar-refractivity contribution in [1.82, 2.24) is 29.6 Å². The first-order valence-corrected chi connectivity index (χ1v) is 16.4. The van der Waals surface area contributed by atoms with E-state index in [0.29, 0.717) is 54.6 Å². The predicted molar refractivity (Wildman–Crippen MR) is 177 cm³/mol. The van der Waals surface area contributed by atoms with Gasteiger partial charge >= 0.3 is 6.18 Å². The Bertz CT molecular complexity index is 1870. The molecule has 49 heavy (non-hydrogen) atoms. The van der Waals surface area contributed by atoms with Gasteiger partial charge in [-0.1, -0.05) is 20.3 Å². The first-order chi connectivity index (χ1) is 23.6. The Balaban J connectivity index is 0.00000134. The fourth-order valence-electron chi connectivity index (χ4n) is 6.16. The highest BCUT2D eigenvalue weighted by Gasteiger charge is 2.44. The van der Waals surface area contributed by atoms with Crippen LogP contribution >= 0.6 is 0 Å². The summed E-state index contributed by atoms with van der Waals surface area (Å²) in [5.74, 6) is 0.615. The highest BCUT2D eigenvalue weighted by Crippen LogP contribution is 2.44. The van der Waals surface area contributed by atoms with Gasteiger partial charge in [-0.3, -0.25) is 19.6 Å². The van der Waals surface area contributed by atoms with Crippen molar-refractivity contribution in [1.29, 1.82) is 5.26 Å². The number of benzene rings is 1. The lowest BCUT2D eigenvalue weighted by atomic mass is 9.98. The summed E-state index contributed by atoms with van der Waals surface area (Å²) in [6, 6.07) is 10.2. The molecule has 7 rings (SSSR count). The van der Waals surface area contributed by atoms with Crippen LogP contribution in [0.2, 0.25) is 0 Å². The van der Waals surface area contributed by atoms with Crippen LogP contribution in [-0.2, 0) is 31.1 Å². The van der Waals surface area contributed by atoms with Crippen molar-refractivity contribution in [2.75, 3.05) is 36.5 Å². The highest BCUT2D eigenvalue weighted by molar-refractivity contribution is 6.10. The van der Waals surface area contributed by atoms with Gasteiger partial charge in [0, 0.05) is 55.8 Å². The van der Waals surface area contributed by atoms with Gasteiger partial charge in [0.1, 0.15) is 18.0 Å². The van der Waals surface area contributed by atoms with E-state index in [1.165, 1.54) is 11.3 Å². The lowest BCUT2D eigenvalue weighted by Crippen LogP contribution is -2.35. The zero-order chi connectivity index (χ0) is 34.8. The number of carbonyl (C=O) groups is 1. The van der Waals surface area contributed by atoms with E-state index in [2.05, 4.69) is 40.4 Å². The number of rotatable bonds is 8. The van der Waals surface area contributed by atoms with E-state index < -0.39 is 23.2 Å². The van der Waals surface area contributed by atoms with Crippen LogP contribution in [0, 0.1) is 11.3 Å². The molecule has 2 fully saturated rings. The smallest absolute Gasteiger partial charge is 0.379 e. The normalized spacial score (nSPS) is 16.8. The van der Waals surface area contributed by atoms with Crippen LogP contribution in [0.1, 0.15) is 66.6 Å². The van der Waals surface area contributed by atoms with Crippen LogP contribution in [0.4, 0.5) is 24.8 Å². The number of alkyl halides is 3. The number of carbonyl (C=O) groups excluding carboxylic acids is 1. The molecule has 3 aliphatic rings. The Kier molecular flexibility index (Phi) is 9.67. The number of pyridine rings is 2. The van der Waals surface area contributed by atoms with E-state index in [0.717, 1.165) is 24.5 Å². The third-order valence-electron chi connectivity index (χ3n) is 8.75. The topological polar surface area (TPSA) is 125 Å². The van der Waals surface area contributed by atoms with E-state index in [-0.39, 0.29) is 36.5 Å². The van der Waals surface area contributed by atoms with E-state index >= 15 is 0 Å². The van der Waals surface area contributed by atoms with Crippen LogP contribution in [0.5, 0.6) is 0 Å². The Morgan fingerprint density at radius 1 is 1.08 bits per heavy atom. The summed E-state index contributed by atoms with van der Waals surface area (Å²) in [7, 11) is 1.81. The molecule has 0 radical (unpaired) electrons. The summed E-state index contributed by atoms with van der Waals surface area (Å²) in [5, 5.41) is 21.0. The average molecular weight is 674 g/mol. The second-order valence-electron chi connectivity index (χ2n) is 12.7. The molecule has 1 amide bonds.